The Morgan fingerprint density at radius 3 is 2.66 bits per heavy atom. The first-order valence-electron chi connectivity index (χ1n) is 10.2. The summed E-state index contributed by atoms with van der Waals surface area (Å²) in [6.07, 6.45) is 9.18. The van der Waals surface area contributed by atoms with Crippen LogP contribution in [0.3, 0.4) is 0 Å². The SMILES string of the molecule is CN=C(NCCCc1nnc(SC)n1C1CCCC1)NCc1ccccc1C.I. The second-order valence-electron chi connectivity index (χ2n) is 7.29. The number of rotatable bonds is 8. The Kier molecular flexibility index (Phi) is 10.3. The maximum Gasteiger partial charge on any atom is 0.191 e. The van der Waals surface area contributed by atoms with Gasteiger partial charge in [-0.15, -0.1) is 34.2 Å². The number of nitrogens with zero attached hydrogens (tertiary/aromatic N) is 4. The second-order valence-corrected chi connectivity index (χ2v) is 8.07. The van der Waals surface area contributed by atoms with E-state index >= 15 is 0 Å². The van der Waals surface area contributed by atoms with E-state index in [0.717, 1.165) is 42.9 Å². The van der Waals surface area contributed by atoms with E-state index in [4.69, 9.17) is 0 Å². The third-order valence-corrected chi connectivity index (χ3v) is 6.05. The molecule has 160 valence electrons. The first-order chi connectivity index (χ1) is 13.7. The molecule has 1 aliphatic carbocycles. The highest BCUT2D eigenvalue weighted by Crippen LogP contribution is 2.33. The van der Waals surface area contributed by atoms with Crippen LogP contribution in [0.25, 0.3) is 0 Å². The molecule has 2 aromatic rings. The molecule has 0 radical (unpaired) electrons. The van der Waals surface area contributed by atoms with Gasteiger partial charge in [-0.25, -0.2) is 0 Å². The molecular formula is C21H33IN6S. The third kappa shape index (κ3) is 6.60. The van der Waals surface area contributed by atoms with Crippen LogP contribution in [0.5, 0.6) is 0 Å². The van der Waals surface area contributed by atoms with Crippen LogP contribution in [0, 0.1) is 6.92 Å². The Morgan fingerprint density at radius 2 is 1.97 bits per heavy atom. The fraction of sp³-hybridized carbons (Fsp3) is 0.571. The lowest BCUT2D eigenvalue weighted by atomic mass is 10.1. The summed E-state index contributed by atoms with van der Waals surface area (Å²) in [5.41, 5.74) is 2.58. The fourth-order valence-electron chi connectivity index (χ4n) is 3.81. The van der Waals surface area contributed by atoms with Crippen molar-refractivity contribution < 1.29 is 0 Å². The monoisotopic (exact) mass is 528 g/mol. The average molecular weight is 529 g/mol. The van der Waals surface area contributed by atoms with Crippen LogP contribution in [0.15, 0.2) is 34.4 Å². The van der Waals surface area contributed by atoms with Gasteiger partial charge in [0.05, 0.1) is 0 Å². The van der Waals surface area contributed by atoms with E-state index in [2.05, 4.69) is 67.8 Å². The molecule has 1 saturated carbocycles. The van der Waals surface area contributed by atoms with Crippen molar-refractivity contribution >= 4 is 41.7 Å². The van der Waals surface area contributed by atoms with Gasteiger partial charge in [-0.3, -0.25) is 4.99 Å². The molecule has 0 aliphatic heterocycles. The van der Waals surface area contributed by atoms with Crippen LogP contribution in [-0.4, -0.2) is 40.6 Å². The van der Waals surface area contributed by atoms with Crippen molar-refractivity contribution in [1.29, 1.82) is 0 Å². The van der Waals surface area contributed by atoms with Crippen LogP contribution < -0.4 is 10.6 Å². The molecule has 0 spiro atoms. The number of hydrogen-bond acceptors (Lipinski definition) is 4. The molecule has 29 heavy (non-hydrogen) atoms. The zero-order valence-electron chi connectivity index (χ0n) is 17.6. The Hall–Kier alpha value is -1.29. The average Bonchev–Trinajstić information content (AvgIpc) is 3.37. The molecule has 0 atom stereocenters. The zero-order valence-corrected chi connectivity index (χ0v) is 20.8. The molecular weight excluding hydrogens is 495 g/mol. The van der Waals surface area contributed by atoms with Gasteiger partial charge < -0.3 is 15.2 Å². The molecule has 1 aromatic carbocycles. The lowest BCUT2D eigenvalue weighted by Gasteiger charge is -2.16. The molecule has 3 rings (SSSR count). The van der Waals surface area contributed by atoms with Gasteiger partial charge in [-0.05, 0) is 43.6 Å². The van der Waals surface area contributed by atoms with Gasteiger partial charge in [0.15, 0.2) is 11.1 Å². The van der Waals surface area contributed by atoms with Crippen LogP contribution in [0.2, 0.25) is 0 Å². The predicted molar refractivity (Wildman–Crippen MR) is 132 cm³/mol. The largest absolute Gasteiger partial charge is 0.356 e. The van der Waals surface area contributed by atoms with E-state index in [1.165, 1.54) is 36.8 Å². The number of thioether (sulfide) groups is 1. The summed E-state index contributed by atoms with van der Waals surface area (Å²) in [4.78, 5) is 4.33. The van der Waals surface area contributed by atoms with Crippen LogP contribution in [-0.2, 0) is 13.0 Å². The topological polar surface area (TPSA) is 67.1 Å². The first-order valence-corrected chi connectivity index (χ1v) is 11.4. The number of benzene rings is 1. The van der Waals surface area contributed by atoms with E-state index in [-0.39, 0.29) is 24.0 Å². The van der Waals surface area contributed by atoms with Gasteiger partial charge in [0.1, 0.15) is 5.82 Å². The quantitative estimate of drug-likeness (QED) is 0.176. The normalized spacial score (nSPS) is 14.7. The van der Waals surface area contributed by atoms with Gasteiger partial charge in [0.25, 0.3) is 0 Å². The van der Waals surface area contributed by atoms with Gasteiger partial charge in [0, 0.05) is 32.6 Å². The maximum absolute atomic E-state index is 4.47. The molecule has 0 unspecified atom stereocenters. The number of nitrogens with one attached hydrogen (secondary N) is 2. The van der Waals surface area contributed by atoms with Crippen molar-refractivity contribution in [2.45, 2.75) is 63.2 Å². The summed E-state index contributed by atoms with van der Waals surface area (Å²) in [5, 5.41) is 16.7. The molecule has 0 bridgehead atoms. The van der Waals surface area contributed by atoms with Gasteiger partial charge in [-0.1, -0.05) is 48.9 Å². The molecule has 0 saturated heterocycles. The molecule has 6 nitrogen and oxygen atoms in total. The molecule has 1 heterocycles. The standard InChI is InChI=1S/C21H32N6S.HI/c1-16-9-4-5-10-17(16)15-24-20(22-2)23-14-8-13-19-25-26-21(28-3)27(19)18-11-6-7-12-18;/h4-5,9-10,18H,6-8,11-15H2,1-3H3,(H2,22,23,24);1H. The van der Waals surface area contributed by atoms with E-state index in [1.807, 2.05) is 7.05 Å². The minimum Gasteiger partial charge on any atom is -0.356 e. The van der Waals surface area contributed by atoms with Gasteiger partial charge in [0.2, 0.25) is 0 Å². The van der Waals surface area contributed by atoms with Crippen LogP contribution in [0.1, 0.15) is 55.1 Å². The maximum atomic E-state index is 4.47. The van der Waals surface area contributed by atoms with Crippen molar-refractivity contribution in [1.82, 2.24) is 25.4 Å². The molecule has 8 heteroatoms. The van der Waals surface area contributed by atoms with Crippen LogP contribution in [0.4, 0.5) is 0 Å². The summed E-state index contributed by atoms with van der Waals surface area (Å²) >= 11 is 1.70. The van der Waals surface area contributed by atoms with E-state index < -0.39 is 0 Å². The van der Waals surface area contributed by atoms with E-state index in [0.29, 0.717) is 6.04 Å². The van der Waals surface area contributed by atoms with Gasteiger partial charge >= 0.3 is 0 Å². The Morgan fingerprint density at radius 1 is 1.21 bits per heavy atom. The highest BCUT2D eigenvalue weighted by molar-refractivity contribution is 14.0. The first kappa shape index (κ1) is 24.0. The van der Waals surface area contributed by atoms with Crippen molar-refractivity contribution in [3.05, 3.63) is 41.2 Å². The lowest BCUT2D eigenvalue weighted by Crippen LogP contribution is -2.37. The second kappa shape index (κ2) is 12.4. The van der Waals surface area contributed by atoms with E-state index in [9.17, 15) is 0 Å². The summed E-state index contributed by atoms with van der Waals surface area (Å²) in [5.74, 6) is 1.96. The lowest BCUT2D eigenvalue weighted by molar-refractivity contribution is 0.460. The smallest absolute Gasteiger partial charge is 0.191 e. The molecule has 1 aromatic heterocycles. The summed E-state index contributed by atoms with van der Waals surface area (Å²) in [6.45, 7) is 3.77. The number of halogens is 1. The van der Waals surface area contributed by atoms with Crippen molar-refractivity contribution in [3.8, 4) is 0 Å². The minimum atomic E-state index is 0. The number of aromatic nitrogens is 3. The number of guanidine groups is 1. The minimum absolute atomic E-state index is 0. The summed E-state index contributed by atoms with van der Waals surface area (Å²) in [7, 11) is 1.81. The summed E-state index contributed by atoms with van der Waals surface area (Å²) < 4.78 is 2.39. The predicted octanol–water partition coefficient (Wildman–Crippen LogP) is 4.34. The molecule has 1 fully saturated rings. The summed E-state index contributed by atoms with van der Waals surface area (Å²) in [6, 6.07) is 9.01. The van der Waals surface area contributed by atoms with Crippen molar-refractivity contribution in [2.75, 3.05) is 19.8 Å². The Labute approximate surface area is 195 Å². The highest BCUT2D eigenvalue weighted by atomic mass is 127. The fourth-order valence-corrected chi connectivity index (χ4v) is 4.38. The molecule has 2 N–H and O–H groups in total. The number of aliphatic imine (C=N–C) groups is 1. The zero-order chi connectivity index (χ0) is 19.8. The molecule has 0 amide bonds. The van der Waals surface area contributed by atoms with Crippen LogP contribution >= 0.6 is 35.7 Å². The highest BCUT2D eigenvalue weighted by Gasteiger charge is 2.23. The number of hydrogen-bond donors (Lipinski definition) is 2. The number of aryl methyl sites for hydroxylation is 2. The Balaban J connectivity index is 0.00000300. The van der Waals surface area contributed by atoms with Gasteiger partial charge in [-0.2, -0.15) is 0 Å². The van der Waals surface area contributed by atoms with Crippen molar-refractivity contribution in [2.24, 2.45) is 4.99 Å². The third-order valence-electron chi connectivity index (χ3n) is 5.41. The Bertz CT molecular complexity index is 785. The van der Waals surface area contributed by atoms with E-state index in [1.54, 1.807) is 11.8 Å². The van der Waals surface area contributed by atoms with Crippen molar-refractivity contribution in [3.63, 3.8) is 0 Å². The molecule has 1 aliphatic rings.